The fourth-order valence-corrected chi connectivity index (χ4v) is 5.72. The second-order valence-corrected chi connectivity index (χ2v) is 10.2. The van der Waals surface area contributed by atoms with Gasteiger partial charge >= 0.3 is 0 Å². The van der Waals surface area contributed by atoms with Crippen molar-refractivity contribution in [3.05, 3.63) is 53.6 Å². The van der Waals surface area contributed by atoms with Gasteiger partial charge in [0.05, 0.1) is 23.1 Å². The van der Waals surface area contributed by atoms with Crippen LogP contribution in [0.2, 0.25) is 5.02 Å². The van der Waals surface area contributed by atoms with E-state index in [2.05, 4.69) is 5.32 Å². The molecule has 2 heterocycles. The summed E-state index contributed by atoms with van der Waals surface area (Å²) in [4.78, 5) is 26.8. The Labute approximate surface area is 179 Å². The average Bonchev–Trinajstić information content (AvgIpc) is 3.26. The van der Waals surface area contributed by atoms with Gasteiger partial charge in [0.25, 0.3) is 0 Å². The number of amides is 2. The fraction of sp³-hybridized carbons (Fsp3) is 0.333. The number of carbonyl (C=O) groups is 2. The molecule has 0 bridgehead atoms. The topological polar surface area (TPSA) is 92.8 Å². The first-order valence-electron chi connectivity index (χ1n) is 9.64. The molecule has 4 rings (SSSR count). The number of hydrogen-bond acceptors (Lipinski definition) is 5. The Morgan fingerprint density at radius 3 is 2.63 bits per heavy atom. The number of ether oxygens (including phenoxy) is 1. The van der Waals surface area contributed by atoms with E-state index in [0.717, 1.165) is 0 Å². The first kappa shape index (κ1) is 20.7. The second kappa shape index (κ2) is 8.28. The predicted molar refractivity (Wildman–Crippen MR) is 113 cm³/mol. The lowest BCUT2D eigenvalue weighted by molar-refractivity contribution is -0.129. The molecule has 1 N–H and O–H groups in total. The Balaban J connectivity index is 1.46. The van der Waals surface area contributed by atoms with E-state index in [9.17, 15) is 18.0 Å². The molecule has 7 nitrogen and oxygen atoms in total. The zero-order chi connectivity index (χ0) is 21.3. The molecule has 2 aromatic rings. The third-order valence-electron chi connectivity index (χ3n) is 5.35. The van der Waals surface area contributed by atoms with Gasteiger partial charge in [0.1, 0.15) is 5.75 Å². The molecule has 0 aromatic heterocycles. The number of anilines is 1. The minimum absolute atomic E-state index is 0.0313. The van der Waals surface area contributed by atoms with Gasteiger partial charge in [-0.1, -0.05) is 29.8 Å². The summed E-state index contributed by atoms with van der Waals surface area (Å²) in [6, 6.07) is 13.7. The maximum absolute atomic E-state index is 12.9. The van der Waals surface area contributed by atoms with Crippen LogP contribution in [0.3, 0.4) is 0 Å². The minimum Gasteiger partial charge on any atom is -0.455 e. The van der Waals surface area contributed by atoms with Gasteiger partial charge in [-0.3, -0.25) is 9.59 Å². The Morgan fingerprint density at radius 2 is 1.93 bits per heavy atom. The van der Waals surface area contributed by atoms with Crippen LogP contribution in [0.1, 0.15) is 12.8 Å². The van der Waals surface area contributed by atoms with Crippen molar-refractivity contribution in [2.45, 2.75) is 18.9 Å². The minimum atomic E-state index is -3.11. The van der Waals surface area contributed by atoms with Crippen LogP contribution in [0, 0.1) is 5.92 Å². The summed E-state index contributed by atoms with van der Waals surface area (Å²) in [6.45, 7) is 0.209. The van der Waals surface area contributed by atoms with E-state index in [1.54, 1.807) is 30.3 Å². The highest BCUT2D eigenvalue weighted by Crippen LogP contribution is 2.33. The summed E-state index contributed by atoms with van der Waals surface area (Å²) >= 11 is 6.10. The van der Waals surface area contributed by atoms with E-state index in [0.29, 0.717) is 28.6 Å². The van der Waals surface area contributed by atoms with Crippen LogP contribution in [0.15, 0.2) is 48.5 Å². The number of carbonyl (C=O) groups excluding carboxylic acids is 2. The zero-order valence-electron chi connectivity index (χ0n) is 16.1. The fourth-order valence-electron chi connectivity index (χ4n) is 3.82. The monoisotopic (exact) mass is 448 g/mol. The average molecular weight is 449 g/mol. The van der Waals surface area contributed by atoms with E-state index < -0.39 is 15.8 Å². The van der Waals surface area contributed by atoms with Crippen LogP contribution in [-0.4, -0.2) is 49.2 Å². The molecule has 0 radical (unpaired) electrons. The number of likely N-dealkylation sites (tertiary alicyclic amines) is 1. The lowest BCUT2D eigenvalue weighted by Crippen LogP contribution is -2.38. The van der Waals surface area contributed by atoms with E-state index in [4.69, 9.17) is 16.3 Å². The molecule has 2 aromatic carbocycles. The van der Waals surface area contributed by atoms with E-state index in [1.165, 1.54) is 4.90 Å². The van der Waals surface area contributed by atoms with Crippen molar-refractivity contribution >= 4 is 38.9 Å². The predicted octanol–water partition coefficient (Wildman–Crippen LogP) is 3.11. The number of benzene rings is 2. The van der Waals surface area contributed by atoms with Gasteiger partial charge in [-0.05, 0) is 36.8 Å². The molecule has 9 heteroatoms. The molecule has 158 valence electrons. The van der Waals surface area contributed by atoms with Crippen LogP contribution in [-0.2, 0) is 19.4 Å². The Bertz CT molecular complexity index is 1070. The van der Waals surface area contributed by atoms with E-state index in [-0.39, 0.29) is 42.3 Å². The van der Waals surface area contributed by atoms with Crippen molar-refractivity contribution in [3.8, 4) is 11.5 Å². The van der Waals surface area contributed by atoms with Gasteiger partial charge < -0.3 is 15.0 Å². The smallest absolute Gasteiger partial charge is 0.229 e. The molecule has 0 saturated carbocycles. The Hall–Kier alpha value is -2.58. The van der Waals surface area contributed by atoms with Gasteiger partial charge in [0.15, 0.2) is 15.6 Å². The van der Waals surface area contributed by atoms with Crippen molar-refractivity contribution in [1.82, 2.24) is 4.90 Å². The number of para-hydroxylation sites is 1. The summed E-state index contributed by atoms with van der Waals surface area (Å²) in [7, 11) is -3.11. The van der Waals surface area contributed by atoms with Crippen LogP contribution < -0.4 is 10.1 Å². The van der Waals surface area contributed by atoms with Crippen molar-refractivity contribution in [2.75, 3.05) is 23.4 Å². The van der Waals surface area contributed by atoms with E-state index in [1.807, 2.05) is 18.2 Å². The summed E-state index contributed by atoms with van der Waals surface area (Å²) in [5.41, 5.74) is 0.408. The molecule has 0 spiro atoms. The van der Waals surface area contributed by atoms with Gasteiger partial charge in [-0.25, -0.2) is 8.42 Å². The molecule has 2 amide bonds. The zero-order valence-corrected chi connectivity index (χ0v) is 17.7. The molecular weight excluding hydrogens is 428 g/mol. The molecule has 2 aliphatic rings. The second-order valence-electron chi connectivity index (χ2n) is 7.55. The lowest BCUT2D eigenvalue weighted by Gasteiger charge is -2.23. The van der Waals surface area contributed by atoms with Gasteiger partial charge in [0.2, 0.25) is 11.8 Å². The molecule has 2 fully saturated rings. The summed E-state index contributed by atoms with van der Waals surface area (Å²) in [5.74, 6) is 0.0135. The van der Waals surface area contributed by atoms with Crippen molar-refractivity contribution < 1.29 is 22.7 Å². The van der Waals surface area contributed by atoms with E-state index >= 15 is 0 Å². The van der Waals surface area contributed by atoms with Crippen LogP contribution >= 0.6 is 11.6 Å². The Kier molecular flexibility index (Phi) is 5.71. The molecule has 2 saturated heterocycles. The quantitative estimate of drug-likeness (QED) is 0.758. The van der Waals surface area contributed by atoms with Crippen molar-refractivity contribution in [3.63, 3.8) is 0 Å². The summed E-state index contributed by atoms with van der Waals surface area (Å²) < 4.78 is 29.3. The molecule has 30 heavy (non-hydrogen) atoms. The maximum Gasteiger partial charge on any atom is 0.229 e. The third kappa shape index (κ3) is 4.60. The number of sulfone groups is 1. The maximum atomic E-state index is 12.9. The highest BCUT2D eigenvalue weighted by molar-refractivity contribution is 7.91. The highest BCUT2D eigenvalue weighted by Gasteiger charge is 2.42. The normalized spacial score (nSPS) is 22.8. The number of nitrogens with zero attached hydrogens (tertiary/aromatic N) is 1. The number of nitrogens with one attached hydrogen (secondary N) is 1. The molecule has 2 aliphatic heterocycles. The summed E-state index contributed by atoms with van der Waals surface area (Å²) in [5, 5.41) is 3.25. The van der Waals surface area contributed by atoms with Crippen molar-refractivity contribution in [1.29, 1.82) is 0 Å². The number of halogens is 1. The molecular formula is C21H21ClN2O5S. The first-order valence-corrected chi connectivity index (χ1v) is 11.8. The lowest BCUT2D eigenvalue weighted by atomic mass is 10.1. The van der Waals surface area contributed by atoms with Crippen LogP contribution in [0.5, 0.6) is 11.5 Å². The van der Waals surface area contributed by atoms with Crippen LogP contribution in [0.25, 0.3) is 0 Å². The molecule has 2 atom stereocenters. The van der Waals surface area contributed by atoms with Gasteiger partial charge in [-0.15, -0.1) is 0 Å². The first-order chi connectivity index (χ1) is 14.3. The number of hydrogen-bond donors (Lipinski definition) is 1. The number of rotatable bonds is 5. The van der Waals surface area contributed by atoms with Gasteiger partial charge in [-0.2, -0.15) is 0 Å². The largest absolute Gasteiger partial charge is 0.455 e. The van der Waals surface area contributed by atoms with Gasteiger partial charge in [0, 0.05) is 24.0 Å². The SMILES string of the molecule is O=C(Nc1cc(Cl)ccc1Oc1ccccc1)[C@@H]1CC(=O)N([C@@H]2CCS(=O)(=O)C2)C1. The molecule has 0 aliphatic carbocycles. The standard InChI is InChI=1S/C21H21ClN2O5S/c22-15-6-7-19(29-17-4-2-1-3-5-17)18(11-15)23-21(26)14-10-20(25)24(12-14)16-8-9-30(27,28)13-16/h1-7,11,14,16H,8-10,12-13H2,(H,23,26)/t14-,16-/m1/s1. The molecule has 0 unspecified atom stereocenters. The van der Waals surface area contributed by atoms with Crippen molar-refractivity contribution in [2.24, 2.45) is 5.92 Å². The summed E-state index contributed by atoms with van der Waals surface area (Å²) in [6.07, 6.45) is 0.476. The van der Waals surface area contributed by atoms with Crippen LogP contribution in [0.4, 0.5) is 5.69 Å². The Morgan fingerprint density at radius 1 is 1.17 bits per heavy atom. The third-order valence-corrected chi connectivity index (χ3v) is 7.33. The highest BCUT2D eigenvalue weighted by atomic mass is 35.5.